The Morgan fingerprint density at radius 2 is 1.83 bits per heavy atom. The normalized spacial score (nSPS) is 24.3. The minimum Gasteiger partial charge on any atom is -0.361 e. The van der Waals surface area contributed by atoms with Gasteiger partial charge in [0, 0.05) is 0 Å². The molecular weight excluding hydrogens is 260 g/mol. The summed E-state index contributed by atoms with van der Waals surface area (Å²) in [4.78, 5) is 8.90. The minimum atomic E-state index is -5.01. The molecule has 0 saturated heterocycles. The van der Waals surface area contributed by atoms with Gasteiger partial charge in [-0.2, -0.15) is 18.5 Å². The van der Waals surface area contributed by atoms with Gasteiger partial charge in [0.05, 0.1) is 11.4 Å². The first kappa shape index (κ1) is 12.7. The number of nitrogens with zero attached hydrogens (tertiary/aromatic N) is 2. The maximum atomic E-state index is 11.9. The van der Waals surface area contributed by atoms with Crippen molar-refractivity contribution in [1.29, 1.82) is 0 Å². The summed E-state index contributed by atoms with van der Waals surface area (Å²) in [6, 6.07) is 7.99. The first-order valence-electron chi connectivity index (χ1n) is 4.93. The van der Waals surface area contributed by atoms with Crippen molar-refractivity contribution in [2.24, 2.45) is 5.10 Å². The predicted molar refractivity (Wildman–Crippen MR) is 63.5 cm³/mol. The Kier molecular flexibility index (Phi) is 2.73. The molecule has 1 aliphatic heterocycles. The molecule has 18 heavy (non-hydrogen) atoms. The summed E-state index contributed by atoms with van der Waals surface area (Å²) in [6.45, 7) is 1.15. The van der Waals surface area contributed by atoms with E-state index in [9.17, 15) is 18.3 Å². The molecule has 0 fully saturated rings. The quantitative estimate of drug-likeness (QED) is 0.735. The topological polar surface area (TPSA) is 107 Å². The zero-order chi connectivity index (χ0) is 13.6. The van der Waals surface area contributed by atoms with Gasteiger partial charge in [-0.05, 0) is 19.1 Å². The van der Waals surface area contributed by atoms with Crippen LogP contribution in [-0.4, -0.2) is 34.6 Å². The number of hydrogen-bond donors (Lipinski definition) is 2. The molecule has 7 nitrogen and oxygen atoms in total. The molecule has 0 bridgehead atoms. The van der Waals surface area contributed by atoms with Gasteiger partial charge in [-0.15, -0.1) is 0 Å². The summed E-state index contributed by atoms with van der Waals surface area (Å²) in [7, 11) is -5.01. The van der Waals surface area contributed by atoms with E-state index >= 15 is 0 Å². The van der Waals surface area contributed by atoms with Crippen LogP contribution in [0.1, 0.15) is 6.92 Å². The predicted octanol–water partition coefficient (Wildman–Crippen LogP) is -0.0145. The largest absolute Gasteiger partial charge is 0.361 e. The Labute approximate surface area is 103 Å². The number of carbonyl (C=O) groups excluding carboxylic acids is 1. The molecule has 8 heteroatoms. The van der Waals surface area contributed by atoms with E-state index in [-0.39, 0.29) is 0 Å². The van der Waals surface area contributed by atoms with Gasteiger partial charge in [-0.1, -0.05) is 18.2 Å². The van der Waals surface area contributed by atoms with Crippen LogP contribution in [0.25, 0.3) is 0 Å². The zero-order valence-corrected chi connectivity index (χ0v) is 10.1. The highest BCUT2D eigenvalue weighted by molar-refractivity contribution is 7.88. The Morgan fingerprint density at radius 1 is 1.28 bits per heavy atom. The second-order valence-corrected chi connectivity index (χ2v) is 5.30. The van der Waals surface area contributed by atoms with E-state index < -0.39 is 26.7 Å². The monoisotopic (exact) mass is 270 g/mol. The van der Waals surface area contributed by atoms with E-state index in [1.54, 1.807) is 18.2 Å². The molecule has 2 rings (SSSR count). The van der Waals surface area contributed by atoms with Gasteiger partial charge in [-0.25, -0.2) is 0 Å². The van der Waals surface area contributed by atoms with Crippen LogP contribution in [0.2, 0.25) is 0 Å². The molecule has 1 aromatic rings. The van der Waals surface area contributed by atoms with Crippen molar-refractivity contribution >= 4 is 27.4 Å². The van der Waals surface area contributed by atoms with Crippen molar-refractivity contribution in [3.05, 3.63) is 30.3 Å². The number of benzene rings is 1. The van der Waals surface area contributed by atoms with Crippen LogP contribution >= 0.6 is 0 Å². The molecule has 1 unspecified atom stereocenters. The molecule has 0 radical (unpaired) electrons. The number of aliphatic hydroxyl groups is 1. The molecule has 2 N–H and O–H groups in total. The third-order valence-electron chi connectivity index (χ3n) is 2.60. The Balaban J connectivity index is 2.52. The van der Waals surface area contributed by atoms with Crippen LogP contribution in [0.4, 0.5) is 5.69 Å². The lowest BCUT2D eigenvalue weighted by Gasteiger charge is -2.18. The Morgan fingerprint density at radius 3 is 2.28 bits per heavy atom. The first-order chi connectivity index (χ1) is 8.28. The second-order valence-electron chi connectivity index (χ2n) is 3.76. The number of rotatable bonds is 2. The third kappa shape index (κ3) is 1.62. The number of hydrogen-bond acceptors (Lipinski definition) is 5. The maximum Gasteiger partial charge on any atom is 0.313 e. The highest BCUT2D eigenvalue weighted by atomic mass is 32.2. The first-order valence-corrected chi connectivity index (χ1v) is 6.37. The van der Waals surface area contributed by atoms with Crippen molar-refractivity contribution in [1.82, 2.24) is 0 Å². The summed E-state index contributed by atoms with van der Waals surface area (Å²) < 4.78 is 31.2. The molecule has 0 spiro atoms. The van der Waals surface area contributed by atoms with E-state index in [2.05, 4.69) is 5.10 Å². The molecule has 1 aliphatic rings. The van der Waals surface area contributed by atoms with Crippen LogP contribution in [0.5, 0.6) is 0 Å². The van der Waals surface area contributed by atoms with E-state index in [1.807, 2.05) is 0 Å². The summed E-state index contributed by atoms with van der Waals surface area (Å²) in [5.41, 5.74) is -0.111. The molecule has 1 atom stereocenters. The maximum absolute atomic E-state index is 11.9. The van der Waals surface area contributed by atoms with Gasteiger partial charge in [0.1, 0.15) is 0 Å². The number of amides is 1. The van der Waals surface area contributed by atoms with Crippen LogP contribution < -0.4 is 5.01 Å². The lowest BCUT2D eigenvalue weighted by molar-refractivity contribution is -0.124. The minimum absolute atomic E-state index is 0.293. The molecule has 96 valence electrons. The fraction of sp³-hybridized carbons (Fsp3) is 0.200. The molecule has 0 aliphatic carbocycles. The van der Waals surface area contributed by atoms with Crippen molar-refractivity contribution < 1.29 is 22.9 Å². The lowest BCUT2D eigenvalue weighted by atomic mass is 10.2. The van der Waals surface area contributed by atoms with Gasteiger partial charge in [0.2, 0.25) is 0 Å². The van der Waals surface area contributed by atoms with Gasteiger partial charge in [0.15, 0.2) is 0 Å². The summed E-state index contributed by atoms with van der Waals surface area (Å²) in [6.07, 6.45) is 0. The fourth-order valence-electron chi connectivity index (χ4n) is 1.60. The zero-order valence-electron chi connectivity index (χ0n) is 9.31. The smallest absolute Gasteiger partial charge is 0.313 e. The van der Waals surface area contributed by atoms with Crippen molar-refractivity contribution in [2.45, 2.75) is 11.9 Å². The summed E-state index contributed by atoms with van der Waals surface area (Å²) >= 11 is 0. The number of hydrazone groups is 1. The van der Waals surface area contributed by atoms with E-state index in [4.69, 9.17) is 4.55 Å². The number of carbonyl (C=O) groups is 1. The van der Waals surface area contributed by atoms with Gasteiger partial charge in [0.25, 0.3) is 0 Å². The lowest BCUT2D eigenvalue weighted by Crippen LogP contribution is -2.52. The number of anilines is 1. The van der Waals surface area contributed by atoms with Crippen LogP contribution in [0, 0.1) is 0 Å². The average molecular weight is 270 g/mol. The Hall–Kier alpha value is -1.77. The summed E-state index contributed by atoms with van der Waals surface area (Å²) in [5, 5.41) is 14.2. The molecule has 1 amide bonds. The van der Waals surface area contributed by atoms with Crippen LogP contribution in [-0.2, 0) is 14.9 Å². The fourth-order valence-corrected chi connectivity index (χ4v) is 2.32. The highest BCUT2D eigenvalue weighted by Crippen LogP contribution is 2.29. The molecule has 0 saturated carbocycles. The van der Waals surface area contributed by atoms with Gasteiger partial charge < -0.3 is 5.11 Å². The van der Waals surface area contributed by atoms with Crippen molar-refractivity contribution in [3.8, 4) is 0 Å². The Bertz CT molecular complexity index is 625. The standard InChI is InChI=1S/C10H10N2O5S/c1-7-10(14,18(15,16)17)9(13)12(11-7)8-5-3-2-4-6-8/h2-6,14H,1H3,(H,15,16,17). The summed E-state index contributed by atoms with van der Waals surface area (Å²) in [5.74, 6) is -1.23. The van der Waals surface area contributed by atoms with E-state index in [1.165, 1.54) is 12.1 Å². The molecule has 1 aromatic carbocycles. The SMILES string of the molecule is CC1=NN(c2ccccc2)C(=O)C1(O)S(=O)(=O)O. The van der Waals surface area contributed by atoms with Crippen molar-refractivity contribution in [2.75, 3.05) is 5.01 Å². The van der Waals surface area contributed by atoms with E-state index in [0.29, 0.717) is 5.69 Å². The molecule has 0 aromatic heterocycles. The highest BCUT2D eigenvalue weighted by Gasteiger charge is 2.58. The second kappa shape index (κ2) is 3.87. The van der Waals surface area contributed by atoms with Crippen molar-refractivity contribution in [3.63, 3.8) is 0 Å². The average Bonchev–Trinajstić information content (AvgIpc) is 2.55. The van der Waals surface area contributed by atoms with Crippen LogP contribution in [0.15, 0.2) is 35.4 Å². The van der Waals surface area contributed by atoms with E-state index in [0.717, 1.165) is 11.9 Å². The van der Waals surface area contributed by atoms with Crippen LogP contribution in [0.3, 0.4) is 0 Å². The third-order valence-corrected chi connectivity index (χ3v) is 3.81. The molecule has 1 heterocycles. The van der Waals surface area contributed by atoms with Gasteiger partial charge in [-0.3, -0.25) is 9.35 Å². The number of para-hydroxylation sites is 1. The van der Waals surface area contributed by atoms with Gasteiger partial charge >= 0.3 is 21.0 Å². The molecular formula is C10H10N2O5S.